The van der Waals surface area contributed by atoms with E-state index in [-0.39, 0.29) is 18.4 Å². The summed E-state index contributed by atoms with van der Waals surface area (Å²) >= 11 is 0. The first-order chi connectivity index (χ1) is 6.33. The number of nitrogens with zero attached hydrogens (tertiary/aromatic N) is 1. The lowest BCUT2D eigenvalue weighted by Gasteiger charge is -2.29. The summed E-state index contributed by atoms with van der Waals surface area (Å²) in [6.07, 6.45) is 4.77. The molecule has 2 aliphatic rings. The van der Waals surface area contributed by atoms with Gasteiger partial charge < -0.3 is 16.0 Å². The van der Waals surface area contributed by atoms with E-state index < -0.39 is 0 Å². The van der Waals surface area contributed by atoms with Gasteiger partial charge in [0, 0.05) is 13.1 Å². The zero-order chi connectivity index (χ0) is 9.26. The number of nitrogens with one attached hydrogen (secondary N) is 1. The van der Waals surface area contributed by atoms with Crippen LogP contribution in [0.4, 0.5) is 4.79 Å². The summed E-state index contributed by atoms with van der Waals surface area (Å²) in [4.78, 5) is 13.4. The molecule has 1 aliphatic carbocycles. The van der Waals surface area contributed by atoms with Crippen LogP contribution in [0.15, 0.2) is 0 Å². The van der Waals surface area contributed by atoms with Gasteiger partial charge in [0.25, 0.3) is 0 Å². The van der Waals surface area contributed by atoms with Gasteiger partial charge in [-0.25, -0.2) is 4.79 Å². The smallest absolute Gasteiger partial charge is 0.318 e. The molecule has 0 radical (unpaired) electrons. The summed E-state index contributed by atoms with van der Waals surface area (Å²) in [7, 11) is 0. The van der Waals surface area contributed by atoms with Gasteiger partial charge in [0.05, 0.1) is 12.1 Å². The molecule has 5 heteroatoms. The van der Waals surface area contributed by atoms with Crippen LogP contribution in [0.2, 0.25) is 0 Å². The van der Waals surface area contributed by atoms with Crippen LogP contribution in [0.5, 0.6) is 0 Å². The number of carbonyl (C=O) groups is 1. The highest BCUT2D eigenvalue weighted by atomic mass is 35.5. The number of rotatable bonds is 2. The molecule has 1 saturated carbocycles. The molecule has 82 valence electrons. The Bertz CT molecular complexity index is 212. The molecule has 2 rings (SSSR count). The third kappa shape index (κ3) is 1.96. The molecule has 0 bridgehead atoms. The van der Waals surface area contributed by atoms with Crippen molar-refractivity contribution in [2.75, 3.05) is 13.1 Å². The third-order valence-electron chi connectivity index (χ3n) is 3.07. The Kier molecular flexibility index (Phi) is 4.01. The monoisotopic (exact) mass is 219 g/mol. The number of carbonyl (C=O) groups excluding carboxylic acids is 1. The summed E-state index contributed by atoms with van der Waals surface area (Å²) in [5, 5.41) is 3.02. The van der Waals surface area contributed by atoms with Crippen molar-refractivity contribution < 1.29 is 4.79 Å². The molecule has 0 aromatic carbocycles. The molecule has 0 spiro atoms. The minimum absolute atomic E-state index is 0. The fourth-order valence-corrected chi connectivity index (χ4v) is 2.45. The number of urea groups is 1. The van der Waals surface area contributed by atoms with Crippen molar-refractivity contribution in [3.8, 4) is 0 Å². The van der Waals surface area contributed by atoms with E-state index in [2.05, 4.69) is 5.32 Å². The molecule has 2 unspecified atom stereocenters. The van der Waals surface area contributed by atoms with Gasteiger partial charge >= 0.3 is 6.03 Å². The summed E-state index contributed by atoms with van der Waals surface area (Å²) in [5.74, 6) is 0. The van der Waals surface area contributed by atoms with Gasteiger partial charge in [0.15, 0.2) is 0 Å². The number of halogens is 1. The Morgan fingerprint density at radius 2 is 2.14 bits per heavy atom. The molecule has 3 N–H and O–H groups in total. The molecule has 4 nitrogen and oxygen atoms in total. The molecule has 2 atom stereocenters. The van der Waals surface area contributed by atoms with Crippen LogP contribution >= 0.6 is 12.4 Å². The molecule has 0 aromatic rings. The first-order valence-corrected chi connectivity index (χ1v) is 5.10. The molecule has 1 aliphatic heterocycles. The van der Waals surface area contributed by atoms with Crippen LogP contribution in [0.25, 0.3) is 0 Å². The van der Waals surface area contributed by atoms with Crippen LogP contribution in [0.3, 0.4) is 0 Å². The molecule has 2 fully saturated rings. The Morgan fingerprint density at radius 1 is 1.43 bits per heavy atom. The van der Waals surface area contributed by atoms with Crippen molar-refractivity contribution in [1.82, 2.24) is 10.2 Å². The third-order valence-corrected chi connectivity index (χ3v) is 3.07. The number of hydrogen-bond donors (Lipinski definition) is 2. The van der Waals surface area contributed by atoms with E-state index in [4.69, 9.17) is 5.73 Å². The second kappa shape index (κ2) is 4.84. The van der Waals surface area contributed by atoms with E-state index >= 15 is 0 Å². The lowest BCUT2D eigenvalue weighted by molar-refractivity contribution is 0.193. The van der Waals surface area contributed by atoms with Crippen molar-refractivity contribution in [1.29, 1.82) is 0 Å². The second-order valence-electron chi connectivity index (χ2n) is 3.89. The van der Waals surface area contributed by atoms with Gasteiger partial charge in [-0.1, -0.05) is 12.8 Å². The largest absolute Gasteiger partial charge is 0.333 e. The first-order valence-electron chi connectivity index (χ1n) is 5.10. The molecule has 1 heterocycles. The predicted octanol–water partition coefficient (Wildman–Crippen LogP) is 0.703. The topological polar surface area (TPSA) is 58.4 Å². The zero-order valence-corrected chi connectivity index (χ0v) is 9.05. The van der Waals surface area contributed by atoms with E-state index in [0.717, 1.165) is 12.8 Å². The summed E-state index contributed by atoms with van der Waals surface area (Å²) in [5.41, 5.74) is 5.47. The van der Waals surface area contributed by atoms with Crippen LogP contribution in [0.1, 0.15) is 25.7 Å². The Hall–Kier alpha value is -0.480. The Morgan fingerprint density at radius 3 is 2.86 bits per heavy atom. The highest BCUT2D eigenvalue weighted by Gasteiger charge is 2.39. The molecular weight excluding hydrogens is 202 g/mol. The van der Waals surface area contributed by atoms with Gasteiger partial charge in [-0.2, -0.15) is 0 Å². The van der Waals surface area contributed by atoms with Gasteiger partial charge in [0.1, 0.15) is 0 Å². The molecule has 2 amide bonds. The van der Waals surface area contributed by atoms with Crippen LogP contribution in [-0.2, 0) is 0 Å². The number of amides is 2. The second-order valence-corrected chi connectivity index (χ2v) is 3.89. The standard InChI is InChI=1S/C9H17N3O.ClH/c10-5-6-12-8-4-2-1-3-7(8)11-9(12)13;/h7-8H,1-6,10H2,(H,11,13);1H. The molecule has 14 heavy (non-hydrogen) atoms. The van der Waals surface area contributed by atoms with E-state index in [1.807, 2.05) is 4.90 Å². The van der Waals surface area contributed by atoms with Crippen molar-refractivity contribution in [3.63, 3.8) is 0 Å². The van der Waals surface area contributed by atoms with Gasteiger partial charge in [-0.3, -0.25) is 0 Å². The maximum atomic E-state index is 11.5. The SMILES string of the molecule is Cl.NCCN1C(=O)NC2CCCCC21. The predicted molar refractivity (Wildman–Crippen MR) is 57.6 cm³/mol. The molecular formula is C9H18ClN3O. The van der Waals surface area contributed by atoms with E-state index in [1.165, 1.54) is 12.8 Å². The van der Waals surface area contributed by atoms with Gasteiger partial charge in [-0.15, -0.1) is 12.4 Å². The number of nitrogens with two attached hydrogens (primary N) is 1. The Balaban J connectivity index is 0.000000980. The fraction of sp³-hybridized carbons (Fsp3) is 0.889. The molecule has 0 aromatic heterocycles. The number of hydrogen-bond acceptors (Lipinski definition) is 2. The highest BCUT2D eigenvalue weighted by Crippen LogP contribution is 2.27. The summed E-state index contributed by atoms with van der Waals surface area (Å²) in [6, 6.07) is 0.903. The van der Waals surface area contributed by atoms with Gasteiger partial charge in [-0.05, 0) is 12.8 Å². The quantitative estimate of drug-likeness (QED) is 0.719. The van der Waals surface area contributed by atoms with Gasteiger partial charge in [0.2, 0.25) is 0 Å². The lowest BCUT2D eigenvalue weighted by atomic mass is 9.91. The zero-order valence-electron chi connectivity index (χ0n) is 8.24. The molecule has 1 saturated heterocycles. The van der Waals surface area contributed by atoms with Crippen molar-refractivity contribution in [2.24, 2.45) is 5.73 Å². The fourth-order valence-electron chi connectivity index (χ4n) is 2.45. The maximum absolute atomic E-state index is 11.5. The highest BCUT2D eigenvalue weighted by molar-refractivity contribution is 5.85. The summed E-state index contributed by atoms with van der Waals surface area (Å²) in [6.45, 7) is 1.27. The minimum Gasteiger partial charge on any atom is -0.333 e. The Labute approximate surface area is 90.6 Å². The average molecular weight is 220 g/mol. The minimum atomic E-state index is 0. The van der Waals surface area contributed by atoms with Crippen LogP contribution < -0.4 is 11.1 Å². The van der Waals surface area contributed by atoms with E-state index in [9.17, 15) is 4.79 Å². The first kappa shape index (κ1) is 11.6. The normalized spacial score (nSPS) is 30.6. The lowest BCUT2D eigenvalue weighted by Crippen LogP contribution is -2.41. The van der Waals surface area contributed by atoms with Crippen LogP contribution in [-0.4, -0.2) is 36.1 Å². The number of fused-ring (bicyclic) bond motifs is 1. The van der Waals surface area contributed by atoms with E-state index in [0.29, 0.717) is 25.2 Å². The van der Waals surface area contributed by atoms with Crippen molar-refractivity contribution >= 4 is 18.4 Å². The average Bonchev–Trinajstić information content (AvgIpc) is 2.44. The van der Waals surface area contributed by atoms with E-state index in [1.54, 1.807) is 0 Å². The van der Waals surface area contributed by atoms with Crippen molar-refractivity contribution in [3.05, 3.63) is 0 Å². The van der Waals surface area contributed by atoms with Crippen LogP contribution in [0, 0.1) is 0 Å². The summed E-state index contributed by atoms with van der Waals surface area (Å²) < 4.78 is 0. The maximum Gasteiger partial charge on any atom is 0.318 e. The van der Waals surface area contributed by atoms with Crippen molar-refractivity contribution in [2.45, 2.75) is 37.8 Å².